The highest BCUT2D eigenvalue weighted by atomic mass is 16.2. The van der Waals surface area contributed by atoms with E-state index in [0.29, 0.717) is 6.54 Å². The highest BCUT2D eigenvalue weighted by Crippen LogP contribution is 1.96. The van der Waals surface area contributed by atoms with Crippen LogP contribution in [-0.4, -0.2) is 26.7 Å². The van der Waals surface area contributed by atoms with Crippen LogP contribution in [0.2, 0.25) is 0 Å². The van der Waals surface area contributed by atoms with Crippen LogP contribution in [0.5, 0.6) is 0 Å². The molecule has 0 saturated carbocycles. The molecule has 0 fully saturated rings. The fraction of sp³-hybridized carbons (Fsp3) is 0.0909. The van der Waals surface area contributed by atoms with Crippen molar-refractivity contribution in [1.29, 1.82) is 0 Å². The Morgan fingerprint density at radius 2 is 1.72 bits per heavy atom. The molecule has 2 amide bonds. The summed E-state index contributed by atoms with van der Waals surface area (Å²) in [6, 6.07) is 9.32. The van der Waals surface area contributed by atoms with Crippen molar-refractivity contribution in [1.82, 2.24) is 20.2 Å². The van der Waals surface area contributed by atoms with Crippen LogP contribution < -0.4 is 10.7 Å². The molecule has 0 aliphatic rings. The Bertz CT molecular complexity index is 524. The van der Waals surface area contributed by atoms with Gasteiger partial charge >= 0.3 is 11.8 Å². The minimum Gasteiger partial charge on any atom is -0.344 e. The van der Waals surface area contributed by atoms with E-state index in [1.165, 1.54) is 17.3 Å². The van der Waals surface area contributed by atoms with Gasteiger partial charge in [-0.25, -0.2) is 4.68 Å². The van der Waals surface area contributed by atoms with Crippen molar-refractivity contribution in [3.8, 4) is 0 Å². The average molecular weight is 245 g/mol. The van der Waals surface area contributed by atoms with E-state index in [9.17, 15) is 9.59 Å². The number of nitrogens with one attached hydrogen (secondary N) is 2. The maximum atomic E-state index is 11.5. The SMILES string of the molecule is O=C(NCc1ccccc1)C(=O)Nn1cnnc1. The topological polar surface area (TPSA) is 88.9 Å². The molecule has 0 unspecified atom stereocenters. The van der Waals surface area contributed by atoms with E-state index in [1.54, 1.807) is 0 Å². The first-order valence-electron chi connectivity index (χ1n) is 5.23. The van der Waals surface area contributed by atoms with E-state index in [4.69, 9.17) is 0 Å². The molecule has 92 valence electrons. The van der Waals surface area contributed by atoms with Gasteiger partial charge in [0.05, 0.1) is 0 Å². The molecular weight excluding hydrogens is 234 g/mol. The molecule has 1 aromatic carbocycles. The molecule has 0 saturated heterocycles. The van der Waals surface area contributed by atoms with E-state index in [-0.39, 0.29) is 0 Å². The lowest BCUT2D eigenvalue weighted by Gasteiger charge is -2.06. The van der Waals surface area contributed by atoms with Crippen LogP contribution in [0.1, 0.15) is 5.56 Å². The van der Waals surface area contributed by atoms with Gasteiger partial charge in [-0.3, -0.25) is 15.0 Å². The number of carbonyl (C=O) groups is 2. The molecule has 0 radical (unpaired) electrons. The second kappa shape index (κ2) is 5.58. The average Bonchev–Trinajstić information content (AvgIpc) is 2.90. The van der Waals surface area contributed by atoms with Gasteiger partial charge in [0.2, 0.25) is 0 Å². The number of benzene rings is 1. The van der Waals surface area contributed by atoms with Crippen molar-refractivity contribution in [2.45, 2.75) is 6.54 Å². The lowest BCUT2D eigenvalue weighted by atomic mass is 10.2. The molecule has 0 bridgehead atoms. The molecule has 0 aliphatic carbocycles. The Morgan fingerprint density at radius 1 is 1.06 bits per heavy atom. The maximum Gasteiger partial charge on any atom is 0.328 e. The fourth-order valence-electron chi connectivity index (χ4n) is 1.28. The molecule has 7 heteroatoms. The van der Waals surface area contributed by atoms with E-state index in [2.05, 4.69) is 20.9 Å². The van der Waals surface area contributed by atoms with E-state index < -0.39 is 11.8 Å². The molecule has 0 aliphatic heterocycles. The number of amides is 2. The van der Waals surface area contributed by atoms with Gasteiger partial charge in [0.1, 0.15) is 12.7 Å². The number of hydrogen-bond acceptors (Lipinski definition) is 4. The Labute approximate surface area is 103 Å². The number of carbonyl (C=O) groups excluding carboxylic acids is 2. The van der Waals surface area contributed by atoms with Gasteiger partial charge in [-0.15, -0.1) is 10.2 Å². The third kappa shape index (κ3) is 3.14. The van der Waals surface area contributed by atoms with Crippen molar-refractivity contribution in [3.05, 3.63) is 48.5 Å². The van der Waals surface area contributed by atoms with Crippen LogP contribution in [0.4, 0.5) is 0 Å². The van der Waals surface area contributed by atoms with Crippen molar-refractivity contribution >= 4 is 11.8 Å². The maximum absolute atomic E-state index is 11.5. The summed E-state index contributed by atoms with van der Waals surface area (Å²) in [7, 11) is 0. The zero-order valence-electron chi connectivity index (χ0n) is 9.41. The molecule has 1 aromatic heterocycles. The van der Waals surface area contributed by atoms with E-state index >= 15 is 0 Å². The smallest absolute Gasteiger partial charge is 0.328 e. The minimum absolute atomic E-state index is 0.301. The molecular formula is C11H11N5O2. The highest BCUT2D eigenvalue weighted by molar-refractivity contribution is 6.38. The van der Waals surface area contributed by atoms with Crippen LogP contribution in [0.15, 0.2) is 43.0 Å². The molecule has 2 aromatic rings. The van der Waals surface area contributed by atoms with Crippen LogP contribution in [0.3, 0.4) is 0 Å². The second-order valence-corrected chi connectivity index (χ2v) is 3.48. The van der Waals surface area contributed by atoms with Crippen LogP contribution in [-0.2, 0) is 16.1 Å². The van der Waals surface area contributed by atoms with E-state index in [1.807, 2.05) is 30.3 Å². The lowest BCUT2D eigenvalue weighted by molar-refractivity contribution is -0.136. The fourth-order valence-corrected chi connectivity index (χ4v) is 1.28. The number of aromatic nitrogens is 3. The van der Waals surface area contributed by atoms with Gasteiger partial charge in [-0.2, -0.15) is 0 Å². The third-order valence-electron chi connectivity index (χ3n) is 2.15. The Kier molecular flexibility index (Phi) is 3.65. The summed E-state index contributed by atoms with van der Waals surface area (Å²) in [5, 5.41) is 9.50. The van der Waals surface area contributed by atoms with Gasteiger partial charge < -0.3 is 5.32 Å². The second-order valence-electron chi connectivity index (χ2n) is 3.48. The van der Waals surface area contributed by atoms with Crippen molar-refractivity contribution < 1.29 is 9.59 Å². The summed E-state index contributed by atoms with van der Waals surface area (Å²) in [6.07, 6.45) is 2.56. The first-order valence-corrected chi connectivity index (χ1v) is 5.23. The predicted octanol–water partition coefficient (Wildman–Crippen LogP) is -0.335. The summed E-state index contributed by atoms with van der Waals surface area (Å²) in [5.41, 5.74) is 3.22. The summed E-state index contributed by atoms with van der Waals surface area (Å²) in [6.45, 7) is 0.301. The van der Waals surface area contributed by atoms with Crippen LogP contribution in [0, 0.1) is 0 Å². The highest BCUT2D eigenvalue weighted by Gasteiger charge is 2.12. The molecule has 2 rings (SSSR count). The summed E-state index contributed by atoms with van der Waals surface area (Å²) >= 11 is 0. The molecule has 0 spiro atoms. The first kappa shape index (κ1) is 11.8. The summed E-state index contributed by atoms with van der Waals surface area (Å²) < 4.78 is 1.20. The van der Waals surface area contributed by atoms with Crippen molar-refractivity contribution in [2.24, 2.45) is 0 Å². The predicted molar refractivity (Wildman–Crippen MR) is 62.7 cm³/mol. The number of hydrogen-bond donors (Lipinski definition) is 2. The summed E-state index contributed by atoms with van der Waals surface area (Å²) in [4.78, 5) is 22.9. The minimum atomic E-state index is -0.772. The van der Waals surface area contributed by atoms with E-state index in [0.717, 1.165) is 5.56 Å². The molecule has 2 N–H and O–H groups in total. The largest absolute Gasteiger partial charge is 0.344 e. The Hall–Kier alpha value is -2.70. The zero-order chi connectivity index (χ0) is 12.8. The van der Waals surface area contributed by atoms with Gasteiger partial charge in [0.25, 0.3) is 0 Å². The monoisotopic (exact) mass is 245 g/mol. The molecule has 0 atom stereocenters. The van der Waals surface area contributed by atoms with Crippen LogP contribution >= 0.6 is 0 Å². The molecule has 18 heavy (non-hydrogen) atoms. The number of rotatable bonds is 3. The zero-order valence-corrected chi connectivity index (χ0v) is 9.41. The quantitative estimate of drug-likeness (QED) is 0.724. The summed E-state index contributed by atoms with van der Waals surface area (Å²) in [5.74, 6) is -1.49. The van der Waals surface area contributed by atoms with Gasteiger partial charge in [-0.1, -0.05) is 30.3 Å². The van der Waals surface area contributed by atoms with Gasteiger partial charge in [0, 0.05) is 6.54 Å². The van der Waals surface area contributed by atoms with Crippen LogP contribution in [0.25, 0.3) is 0 Å². The standard InChI is InChI=1S/C11H11N5O2/c17-10(11(18)15-16-7-13-14-8-16)12-6-9-4-2-1-3-5-9/h1-5,7-8H,6H2,(H,12,17)(H,15,18). The van der Waals surface area contributed by atoms with Crippen molar-refractivity contribution in [2.75, 3.05) is 5.43 Å². The molecule has 1 heterocycles. The first-order chi connectivity index (χ1) is 8.75. The van der Waals surface area contributed by atoms with Crippen molar-refractivity contribution in [3.63, 3.8) is 0 Å². The molecule has 7 nitrogen and oxygen atoms in total. The van der Waals surface area contributed by atoms with Gasteiger partial charge in [0.15, 0.2) is 0 Å². The Balaban J connectivity index is 1.83. The normalized spacial score (nSPS) is 9.78. The Morgan fingerprint density at radius 3 is 2.39 bits per heavy atom. The lowest BCUT2D eigenvalue weighted by Crippen LogP contribution is -2.38. The number of nitrogens with zero attached hydrogens (tertiary/aromatic N) is 3. The third-order valence-corrected chi connectivity index (χ3v) is 2.15. The van der Waals surface area contributed by atoms with Gasteiger partial charge in [-0.05, 0) is 5.56 Å².